The van der Waals surface area contributed by atoms with Crippen LogP contribution in [0.1, 0.15) is 157 Å². The van der Waals surface area contributed by atoms with Crippen molar-refractivity contribution < 1.29 is 9.53 Å². The zero-order chi connectivity index (χ0) is 23.4. The molecule has 2 unspecified atom stereocenters. The highest BCUT2D eigenvalue weighted by Crippen LogP contribution is 2.26. The van der Waals surface area contributed by atoms with Gasteiger partial charge in [-0.2, -0.15) is 0 Å². The van der Waals surface area contributed by atoms with Gasteiger partial charge in [-0.25, -0.2) is 0 Å². The van der Waals surface area contributed by atoms with Crippen molar-refractivity contribution in [2.75, 3.05) is 6.61 Å². The van der Waals surface area contributed by atoms with Crippen molar-refractivity contribution in [3.05, 3.63) is 0 Å². The zero-order valence-electron chi connectivity index (χ0n) is 22.4. The summed E-state index contributed by atoms with van der Waals surface area (Å²) in [6.45, 7) is 14.1. The summed E-state index contributed by atoms with van der Waals surface area (Å²) >= 11 is 0. The van der Waals surface area contributed by atoms with Crippen LogP contribution in [0.15, 0.2) is 0 Å². The Labute approximate surface area is 196 Å². The van der Waals surface area contributed by atoms with Crippen molar-refractivity contribution in [3.8, 4) is 0 Å². The van der Waals surface area contributed by atoms with Crippen LogP contribution < -0.4 is 0 Å². The third kappa shape index (κ3) is 22.5. The highest BCUT2D eigenvalue weighted by molar-refractivity contribution is 5.69. The van der Waals surface area contributed by atoms with Gasteiger partial charge in [0.25, 0.3) is 0 Å². The second-order valence-electron chi connectivity index (χ2n) is 11.4. The van der Waals surface area contributed by atoms with E-state index in [4.69, 9.17) is 4.74 Å². The van der Waals surface area contributed by atoms with E-state index >= 15 is 0 Å². The van der Waals surface area contributed by atoms with Crippen LogP contribution in [0, 0.1) is 17.3 Å². The molecule has 0 aliphatic carbocycles. The van der Waals surface area contributed by atoms with E-state index in [1.54, 1.807) is 0 Å². The number of carbonyl (C=O) groups excluding carboxylic acids is 1. The van der Waals surface area contributed by atoms with E-state index in [2.05, 4.69) is 41.5 Å². The Morgan fingerprint density at radius 3 is 1.55 bits per heavy atom. The van der Waals surface area contributed by atoms with Gasteiger partial charge in [-0.15, -0.1) is 0 Å². The molecule has 2 nitrogen and oxygen atoms in total. The van der Waals surface area contributed by atoms with Crippen molar-refractivity contribution in [1.82, 2.24) is 0 Å². The normalized spacial score (nSPS) is 13.9. The van der Waals surface area contributed by atoms with Gasteiger partial charge in [0.1, 0.15) is 0 Å². The summed E-state index contributed by atoms with van der Waals surface area (Å²) in [5.74, 6) is 0.978. The lowest BCUT2D eigenvalue weighted by Gasteiger charge is -2.23. The minimum Gasteiger partial charge on any atom is -0.465 e. The molecule has 0 fully saturated rings. The molecular formula is C29H58O2. The first-order valence-corrected chi connectivity index (χ1v) is 13.9. The average Bonchev–Trinajstić information content (AvgIpc) is 2.68. The molecule has 0 bridgehead atoms. The number of rotatable bonds is 21. The molecule has 0 aromatic heterocycles. The number of hydrogen-bond donors (Lipinski definition) is 0. The average molecular weight is 439 g/mol. The quantitative estimate of drug-likeness (QED) is 0.132. The minimum absolute atomic E-state index is 0.0145. The molecule has 186 valence electrons. The monoisotopic (exact) mass is 438 g/mol. The molecule has 2 atom stereocenters. The van der Waals surface area contributed by atoms with Gasteiger partial charge in [-0.05, 0) is 36.5 Å². The van der Waals surface area contributed by atoms with Gasteiger partial charge < -0.3 is 4.74 Å². The summed E-state index contributed by atoms with van der Waals surface area (Å²) in [5, 5.41) is 0. The topological polar surface area (TPSA) is 26.3 Å². The molecule has 0 amide bonds. The van der Waals surface area contributed by atoms with Gasteiger partial charge in [-0.1, -0.05) is 131 Å². The molecule has 0 N–H and O–H groups in total. The number of esters is 1. The molecule has 0 aliphatic heterocycles. The minimum atomic E-state index is 0.0145. The lowest BCUT2D eigenvalue weighted by Crippen LogP contribution is -2.19. The number of carbonyl (C=O) groups is 1. The predicted molar refractivity (Wildman–Crippen MR) is 138 cm³/mol. The van der Waals surface area contributed by atoms with E-state index in [0.29, 0.717) is 24.9 Å². The number of unbranched alkanes of at least 4 members (excludes halogenated alkanes) is 12. The largest absolute Gasteiger partial charge is 0.465 e. The van der Waals surface area contributed by atoms with Crippen molar-refractivity contribution >= 4 is 5.97 Å². The standard InChI is InChI=1S/C29H58O2/c1-7-9-11-13-15-16-18-20-22-27(21-19-17-14-12-10-8-2)25-31-28(30)23-26(3)24-29(4,5)6/h26-27H,7-25H2,1-6H3. The molecular weight excluding hydrogens is 380 g/mol. The fourth-order valence-electron chi connectivity index (χ4n) is 4.76. The van der Waals surface area contributed by atoms with E-state index in [0.717, 1.165) is 6.42 Å². The van der Waals surface area contributed by atoms with Gasteiger partial charge in [0.2, 0.25) is 0 Å². The first-order valence-electron chi connectivity index (χ1n) is 13.9. The highest BCUT2D eigenvalue weighted by atomic mass is 16.5. The van der Waals surface area contributed by atoms with E-state index in [9.17, 15) is 4.79 Å². The third-order valence-electron chi connectivity index (χ3n) is 6.39. The van der Waals surface area contributed by atoms with Crippen LogP contribution in [0.5, 0.6) is 0 Å². The third-order valence-corrected chi connectivity index (χ3v) is 6.39. The summed E-state index contributed by atoms with van der Waals surface area (Å²) in [5.41, 5.74) is 0.274. The molecule has 0 radical (unpaired) electrons. The predicted octanol–water partition coefficient (Wildman–Crippen LogP) is 9.89. The van der Waals surface area contributed by atoms with E-state index in [-0.39, 0.29) is 11.4 Å². The van der Waals surface area contributed by atoms with Gasteiger partial charge in [0, 0.05) is 6.42 Å². The molecule has 0 heterocycles. The van der Waals surface area contributed by atoms with Crippen molar-refractivity contribution in [3.63, 3.8) is 0 Å². The number of hydrogen-bond acceptors (Lipinski definition) is 2. The zero-order valence-corrected chi connectivity index (χ0v) is 22.4. The van der Waals surface area contributed by atoms with Crippen molar-refractivity contribution in [2.45, 2.75) is 157 Å². The lowest BCUT2D eigenvalue weighted by molar-refractivity contribution is -0.146. The summed E-state index contributed by atoms with van der Waals surface area (Å²) in [6.07, 6.45) is 23.1. The highest BCUT2D eigenvalue weighted by Gasteiger charge is 2.19. The maximum Gasteiger partial charge on any atom is 0.306 e. The Kier molecular flexibility index (Phi) is 19.8. The van der Waals surface area contributed by atoms with Crippen LogP contribution in [0.3, 0.4) is 0 Å². The second-order valence-corrected chi connectivity index (χ2v) is 11.4. The van der Waals surface area contributed by atoms with Crippen LogP contribution >= 0.6 is 0 Å². The molecule has 0 saturated carbocycles. The second kappa shape index (κ2) is 20.1. The van der Waals surface area contributed by atoms with Crippen LogP contribution in [0.4, 0.5) is 0 Å². The molecule has 0 spiro atoms. The maximum atomic E-state index is 12.4. The van der Waals surface area contributed by atoms with Gasteiger partial charge >= 0.3 is 5.97 Å². The molecule has 0 rings (SSSR count). The van der Waals surface area contributed by atoms with Crippen LogP contribution in [0.2, 0.25) is 0 Å². The molecule has 0 aromatic carbocycles. The number of ether oxygens (including phenoxy) is 1. The first kappa shape index (κ1) is 30.5. The van der Waals surface area contributed by atoms with E-state index < -0.39 is 0 Å². The van der Waals surface area contributed by atoms with Gasteiger partial charge in [-0.3, -0.25) is 4.79 Å². The van der Waals surface area contributed by atoms with Crippen molar-refractivity contribution in [1.29, 1.82) is 0 Å². The molecule has 31 heavy (non-hydrogen) atoms. The molecule has 0 aromatic rings. The van der Waals surface area contributed by atoms with Crippen LogP contribution in [-0.4, -0.2) is 12.6 Å². The SMILES string of the molecule is CCCCCCCCCCC(CCCCCCCC)COC(=O)CC(C)CC(C)(C)C. The van der Waals surface area contributed by atoms with Gasteiger partial charge in [0.05, 0.1) is 6.61 Å². The fraction of sp³-hybridized carbons (Fsp3) is 0.966. The Hall–Kier alpha value is -0.530. The Balaban J connectivity index is 4.19. The van der Waals surface area contributed by atoms with E-state index in [1.165, 1.54) is 103 Å². The first-order chi connectivity index (χ1) is 14.8. The summed E-state index contributed by atoms with van der Waals surface area (Å²) in [4.78, 5) is 12.4. The Morgan fingerprint density at radius 1 is 0.710 bits per heavy atom. The summed E-state index contributed by atoms with van der Waals surface area (Å²) in [7, 11) is 0. The Morgan fingerprint density at radius 2 is 1.13 bits per heavy atom. The lowest BCUT2D eigenvalue weighted by atomic mass is 9.84. The molecule has 0 saturated heterocycles. The smallest absolute Gasteiger partial charge is 0.306 e. The van der Waals surface area contributed by atoms with Crippen LogP contribution in [0.25, 0.3) is 0 Å². The van der Waals surface area contributed by atoms with E-state index in [1.807, 2.05) is 0 Å². The molecule has 0 aliphatic rings. The molecule has 2 heteroatoms. The summed E-state index contributed by atoms with van der Waals surface area (Å²) < 4.78 is 5.77. The maximum absolute atomic E-state index is 12.4. The van der Waals surface area contributed by atoms with Gasteiger partial charge in [0.15, 0.2) is 0 Å². The van der Waals surface area contributed by atoms with Crippen molar-refractivity contribution in [2.24, 2.45) is 17.3 Å². The summed E-state index contributed by atoms with van der Waals surface area (Å²) in [6, 6.07) is 0. The Bertz CT molecular complexity index is 396. The van der Waals surface area contributed by atoms with Crippen LogP contribution in [-0.2, 0) is 9.53 Å². The fourth-order valence-corrected chi connectivity index (χ4v) is 4.76.